The molecule has 2 rings (SSSR count). The first-order valence-corrected chi connectivity index (χ1v) is 4.64. The summed E-state index contributed by atoms with van der Waals surface area (Å²) in [7, 11) is 0. The van der Waals surface area contributed by atoms with Gasteiger partial charge in [0, 0.05) is 16.7 Å². The van der Waals surface area contributed by atoms with E-state index in [-0.39, 0.29) is 11.4 Å². The molecule has 0 unspecified atom stereocenters. The first-order chi connectivity index (χ1) is 7.08. The average Bonchev–Trinajstić information content (AvgIpc) is 2.58. The normalized spacial score (nSPS) is 10.6. The van der Waals surface area contributed by atoms with Crippen LogP contribution in [0.15, 0.2) is 22.7 Å². The van der Waals surface area contributed by atoms with Gasteiger partial charge in [-0.15, -0.1) is 0 Å². The molecular weight excluding hydrogens is 219 g/mol. The first-order valence-electron chi connectivity index (χ1n) is 4.26. The van der Waals surface area contributed by atoms with Crippen molar-refractivity contribution in [2.45, 2.75) is 6.92 Å². The smallest absolute Gasteiger partial charge is 0.222 e. The van der Waals surface area contributed by atoms with Crippen LogP contribution in [0.1, 0.15) is 5.56 Å². The summed E-state index contributed by atoms with van der Waals surface area (Å²) < 4.78 is 18.2. The van der Waals surface area contributed by atoms with Crippen LogP contribution in [0.5, 0.6) is 0 Å². The van der Waals surface area contributed by atoms with E-state index in [0.29, 0.717) is 16.3 Å². The zero-order valence-corrected chi connectivity index (χ0v) is 8.68. The molecule has 0 aliphatic carbocycles. The van der Waals surface area contributed by atoms with Gasteiger partial charge in [-0.2, -0.15) is 0 Å². The molecule has 0 fully saturated rings. The van der Waals surface area contributed by atoms with Crippen molar-refractivity contribution in [1.29, 1.82) is 0 Å². The van der Waals surface area contributed by atoms with Crippen LogP contribution in [0.4, 0.5) is 10.3 Å². The van der Waals surface area contributed by atoms with E-state index in [4.69, 9.17) is 17.3 Å². The molecule has 0 aliphatic rings. The molecule has 0 saturated carbocycles. The maximum absolute atomic E-state index is 13.5. The number of nitrogens with zero attached hydrogens (tertiary/aromatic N) is 1. The lowest BCUT2D eigenvalue weighted by Gasteiger charge is -2.02. The lowest BCUT2D eigenvalue weighted by molar-refractivity contribution is 0.438. The highest BCUT2D eigenvalue weighted by atomic mass is 35.5. The van der Waals surface area contributed by atoms with Crippen molar-refractivity contribution in [2.24, 2.45) is 0 Å². The topological polar surface area (TPSA) is 52.0 Å². The molecule has 3 nitrogen and oxygen atoms in total. The molecule has 0 aliphatic heterocycles. The van der Waals surface area contributed by atoms with Gasteiger partial charge in [-0.3, -0.25) is 0 Å². The summed E-state index contributed by atoms with van der Waals surface area (Å²) in [5.74, 6) is -0.258. The van der Waals surface area contributed by atoms with Gasteiger partial charge in [0.1, 0.15) is 11.5 Å². The molecule has 1 heterocycles. The maximum atomic E-state index is 13.5. The third kappa shape index (κ3) is 1.80. The van der Waals surface area contributed by atoms with Gasteiger partial charge in [-0.05, 0) is 24.6 Å². The van der Waals surface area contributed by atoms with Gasteiger partial charge in [-0.1, -0.05) is 16.8 Å². The lowest BCUT2D eigenvalue weighted by atomic mass is 10.1. The Labute approximate surface area is 90.6 Å². The molecular formula is C10H8ClFN2O. The summed E-state index contributed by atoms with van der Waals surface area (Å²) in [5.41, 5.74) is 6.65. The summed E-state index contributed by atoms with van der Waals surface area (Å²) in [6, 6.07) is 4.30. The fourth-order valence-corrected chi connectivity index (χ4v) is 1.42. The number of benzene rings is 1. The highest BCUT2D eigenvalue weighted by Crippen LogP contribution is 2.28. The number of nitrogen functional groups attached to an aromatic ring is 1. The van der Waals surface area contributed by atoms with Crippen LogP contribution in [-0.4, -0.2) is 5.16 Å². The highest BCUT2D eigenvalue weighted by molar-refractivity contribution is 6.31. The molecule has 1 aromatic heterocycles. The van der Waals surface area contributed by atoms with E-state index in [9.17, 15) is 4.39 Å². The quantitative estimate of drug-likeness (QED) is 0.813. The van der Waals surface area contributed by atoms with Crippen LogP contribution < -0.4 is 5.73 Å². The predicted octanol–water partition coefficient (Wildman–Crippen LogP) is 3.02. The third-order valence-corrected chi connectivity index (χ3v) is 2.46. The van der Waals surface area contributed by atoms with Crippen LogP contribution in [0.2, 0.25) is 5.02 Å². The number of hydrogen-bond acceptors (Lipinski definition) is 3. The van der Waals surface area contributed by atoms with Crippen molar-refractivity contribution in [3.05, 3.63) is 34.6 Å². The molecule has 78 valence electrons. The summed E-state index contributed by atoms with van der Waals surface area (Å²) in [5, 5.41) is 4.10. The second-order valence-corrected chi connectivity index (χ2v) is 3.60. The molecule has 0 amide bonds. The van der Waals surface area contributed by atoms with Crippen LogP contribution in [-0.2, 0) is 0 Å². The molecule has 15 heavy (non-hydrogen) atoms. The first kappa shape index (κ1) is 9.98. The van der Waals surface area contributed by atoms with Crippen LogP contribution in [0.25, 0.3) is 11.3 Å². The zero-order chi connectivity index (χ0) is 11.0. The minimum Gasteiger partial charge on any atom is -0.368 e. The van der Waals surface area contributed by atoms with E-state index < -0.39 is 5.82 Å². The number of anilines is 1. The molecule has 2 aromatic rings. The van der Waals surface area contributed by atoms with Gasteiger partial charge in [0.2, 0.25) is 5.88 Å². The minimum absolute atomic E-state index is 0.140. The highest BCUT2D eigenvalue weighted by Gasteiger charge is 2.11. The number of nitrogens with two attached hydrogens (primary N) is 1. The minimum atomic E-state index is -0.398. The number of halogens is 2. The van der Waals surface area contributed by atoms with E-state index in [0.717, 1.165) is 0 Å². The molecule has 0 bridgehead atoms. The average molecular weight is 227 g/mol. The third-order valence-electron chi connectivity index (χ3n) is 2.05. The van der Waals surface area contributed by atoms with Crippen LogP contribution >= 0.6 is 11.6 Å². The molecule has 5 heteroatoms. The van der Waals surface area contributed by atoms with Gasteiger partial charge in [0.15, 0.2) is 0 Å². The van der Waals surface area contributed by atoms with Crippen LogP contribution in [0.3, 0.4) is 0 Å². The van der Waals surface area contributed by atoms with Crippen molar-refractivity contribution in [2.75, 3.05) is 5.73 Å². The monoisotopic (exact) mass is 226 g/mol. The molecule has 0 saturated heterocycles. The Balaban J connectivity index is 2.58. The standard InChI is InChI=1S/C10H8ClFN2O/c1-5-2-8(12)6(3-7(5)11)9-4-10(13)15-14-9/h2-4H,13H2,1H3. The fourth-order valence-electron chi connectivity index (χ4n) is 1.26. The Morgan fingerprint density at radius 1 is 1.40 bits per heavy atom. The van der Waals surface area contributed by atoms with Gasteiger partial charge < -0.3 is 10.3 Å². The zero-order valence-electron chi connectivity index (χ0n) is 7.92. The fraction of sp³-hybridized carbons (Fsp3) is 0.100. The van der Waals surface area contributed by atoms with Crippen molar-refractivity contribution < 1.29 is 8.91 Å². The predicted molar refractivity (Wildman–Crippen MR) is 56.1 cm³/mol. The molecule has 2 N–H and O–H groups in total. The van der Waals surface area contributed by atoms with Crippen molar-refractivity contribution >= 4 is 17.5 Å². The molecule has 0 spiro atoms. The largest absolute Gasteiger partial charge is 0.368 e. The Morgan fingerprint density at radius 3 is 2.73 bits per heavy atom. The van der Waals surface area contributed by atoms with E-state index in [1.54, 1.807) is 6.92 Å². The summed E-state index contributed by atoms with van der Waals surface area (Å²) >= 11 is 5.89. The van der Waals surface area contributed by atoms with E-state index in [1.165, 1.54) is 18.2 Å². The Kier molecular flexibility index (Phi) is 2.36. The van der Waals surface area contributed by atoms with E-state index >= 15 is 0 Å². The van der Waals surface area contributed by atoms with Crippen LogP contribution in [0, 0.1) is 12.7 Å². The number of aryl methyl sites for hydroxylation is 1. The SMILES string of the molecule is Cc1cc(F)c(-c2cc(N)on2)cc1Cl. The van der Waals surface area contributed by atoms with Gasteiger partial charge >= 0.3 is 0 Å². The summed E-state index contributed by atoms with van der Waals surface area (Å²) in [4.78, 5) is 0. The van der Waals surface area contributed by atoms with Crippen molar-refractivity contribution in [3.63, 3.8) is 0 Å². The molecule has 0 radical (unpaired) electrons. The Morgan fingerprint density at radius 2 is 2.13 bits per heavy atom. The Bertz CT molecular complexity index is 510. The van der Waals surface area contributed by atoms with Crippen molar-refractivity contribution in [1.82, 2.24) is 5.16 Å². The summed E-state index contributed by atoms with van der Waals surface area (Å²) in [6.07, 6.45) is 0. The number of rotatable bonds is 1. The molecule has 1 aromatic carbocycles. The second-order valence-electron chi connectivity index (χ2n) is 3.20. The van der Waals surface area contributed by atoms with E-state index in [1.807, 2.05) is 0 Å². The van der Waals surface area contributed by atoms with E-state index in [2.05, 4.69) is 9.68 Å². The number of aromatic nitrogens is 1. The maximum Gasteiger partial charge on any atom is 0.222 e. The van der Waals surface area contributed by atoms with Gasteiger partial charge in [0.25, 0.3) is 0 Å². The van der Waals surface area contributed by atoms with Crippen molar-refractivity contribution in [3.8, 4) is 11.3 Å². The number of hydrogen-bond donors (Lipinski definition) is 1. The summed E-state index contributed by atoms with van der Waals surface area (Å²) in [6.45, 7) is 1.73. The van der Waals surface area contributed by atoms with Gasteiger partial charge in [-0.25, -0.2) is 4.39 Å². The lowest BCUT2D eigenvalue weighted by Crippen LogP contribution is -1.87. The second kappa shape index (κ2) is 3.55. The Hall–Kier alpha value is -1.55. The molecule has 0 atom stereocenters. The van der Waals surface area contributed by atoms with Gasteiger partial charge in [0.05, 0.1) is 0 Å².